The summed E-state index contributed by atoms with van der Waals surface area (Å²) in [6.45, 7) is 5.66. The van der Waals surface area contributed by atoms with Crippen molar-refractivity contribution in [3.05, 3.63) is 72.3 Å². The summed E-state index contributed by atoms with van der Waals surface area (Å²) in [5, 5.41) is 10.4. The van der Waals surface area contributed by atoms with Crippen LogP contribution in [-0.4, -0.2) is 30.9 Å². The summed E-state index contributed by atoms with van der Waals surface area (Å²) in [5.74, 6) is 0.829. The highest BCUT2D eigenvalue weighted by Gasteiger charge is 2.19. The molecule has 3 rings (SSSR count). The number of aliphatic hydroxyl groups is 1. The molecule has 2 aromatic carbocycles. The van der Waals surface area contributed by atoms with E-state index in [1.54, 1.807) is 0 Å². The van der Waals surface area contributed by atoms with E-state index in [4.69, 9.17) is 4.74 Å². The first-order valence-electron chi connectivity index (χ1n) is 8.60. The zero-order chi connectivity index (χ0) is 16.8. The Morgan fingerprint density at radius 3 is 2.83 bits per heavy atom. The quantitative estimate of drug-likeness (QED) is 0.790. The molecule has 24 heavy (non-hydrogen) atoms. The van der Waals surface area contributed by atoms with Gasteiger partial charge in [0.1, 0.15) is 18.5 Å². The second-order valence-corrected chi connectivity index (χ2v) is 6.24. The van der Waals surface area contributed by atoms with Gasteiger partial charge in [-0.05, 0) is 42.5 Å². The zero-order valence-electron chi connectivity index (χ0n) is 14.0. The minimum Gasteiger partial charge on any atom is -0.491 e. The van der Waals surface area contributed by atoms with Gasteiger partial charge in [0.25, 0.3) is 0 Å². The van der Waals surface area contributed by atoms with Gasteiger partial charge in [0, 0.05) is 18.8 Å². The van der Waals surface area contributed by atoms with E-state index in [0.29, 0.717) is 13.2 Å². The maximum absolute atomic E-state index is 10.4. The average molecular weight is 323 g/mol. The first-order chi connectivity index (χ1) is 11.8. The van der Waals surface area contributed by atoms with Gasteiger partial charge in [-0.2, -0.15) is 0 Å². The van der Waals surface area contributed by atoms with Crippen molar-refractivity contribution in [2.75, 3.05) is 24.6 Å². The molecule has 0 saturated carbocycles. The van der Waals surface area contributed by atoms with Gasteiger partial charge in [0.2, 0.25) is 0 Å². The van der Waals surface area contributed by atoms with E-state index in [2.05, 4.69) is 35.7 Å². The van der Waals surface area contributed by atoms with E-state index in [-0.39, 0.29) is 0 Å². The Morgan fingerprint density at radius 1 is 1.17 bits per heavy atom. The molecule has 1 heterocycles. The van der Waals surface area contributed by atoms with E-state index < -0.39 is 6.10 Å². The van der Waals surface area contributed by atoms with E-state index in [1.165, 1.54) is 11.3 Å². The van der Waals surface area contributed by atoms with Crippen LogP contribution in [0.15, 0.2) is 61.2 Å². The number of ether oxygens (including phenoxy) is 1. The molecule has 0 aliphatic carbocycles. The molecule has 1 aliphatic rings. The highest BCUT2D eigenvalue weighted by molar-refractivity contribution is 5.55. The summed E-state index contributed by atoms with van der Waals surface area (Å²) in [6.07, 6.45) is 4.36. The van der Waals surface area contributed by atoms with Crippen LogP contribution in [0.25, 0.3) is 0 Å². The number of fused-ring (bicyclic) bond motifs is 1. The van der Waals surface area contributed by atoms with E-state index in [1.807, 2.05) is 30.3 Å². The molecule has 0 saturated heterocycles. The number of aryl methyl sites for hydroxylation is 1. The molecule has 1 aliphatic heterocycles. The van der Waals surface area contributed by atoms with Crippen molar-refractivity contribution in [2.24, 2.45) is 0 Å². The van der Waals surface area contributed by atoms with Crippen molar-refractivity contribution in [3.8, 4) is 5.75 Å². The smallest absolute Gasteiger partial charge is 0.122 e. The fourth-order valence-electron chi connectivity index (χ4n) is 3.26. The normalized spacial score (nSPS) is 14.8. The number of anilines is 1. The topological polar surface area (TPSA) is 32.7 Å². The number of benzene rings is 2. The zero-order valence-corrected chi connectivity index (χ0v) is 14.0. The molecule has 0 aromatic heterocycles. The van der Waals surface area contributed by atoms with E-state index >= 15 is 0 Å². The van der Waals surface area contributed by atoms with Crippen LogP contribution in [0.3, 0.4) is 0 Å². The number of hydrogen-bond donors (Lipinski definition) is 1. The molecule has 0 radical (unpaired) electrons. The van der Waals surface area contributed by atoms with Crippen molar-refractivity contribution in [3.63, 3.8) is 0 Å². The molecule has 126 valence electrons. The molecular formula is C21H25NO2. The fraction of sp³-hybridized carbons (Fsp3) is 0.333. The van der Waals surface area contributed by atoms with Crippen LogP contribution in [0.4, 0.5) is 5.69 Å². The molecule has 0 amide bonds. The van der Waals surface area contributed by atoms with E-state index in [9.17, 15) is 5.11 Å². The summed E-state index contributed by atoms with van der Waals surface area (Å²) in [6, 6.07) is 16.4. The van der Waals surface area contributed by atoms with Gasteiger partial charge in [-0.3, -0.25) is 0 Å². The third-order valence-corrected chi connectivity index (χ3v) is 4.41. The molecule has 0 fully saturated rings. The van der Waals surface area contributed by atoms with Gasteiger partial charge < -0.3 is 14.7 Å². The number of hydrogen-bond acceptors (Lipinski definition) is 3. The van der Waals surface area contributed by atoms with Crippen LogP contribution in [0.1, 0.15) is 17.5 Å². The van der Waals surface area contributed by atoms with Crippen molar-refractivity contribution < 1.29 is 9.84 Å². The van der Waals surface area contributed by atoms with Crippen LogP contribution >= 0.6 is 0 Å². The van der Waals surface area contributed by atoms with Gasteiger partial charge in [-0.15, -0.1) is 6.58 Å². The lowest BCUT2D eigenvalue weighted by Gasteiger charge is -2.32. The molecule has 1 unspecified atom stereocenters. The van der Waals surface area contributed by atoms with Crippen molar-refractivity contribution >= 4 is 5.69 Å². The summed E-state index contributed by atoms with van der Waals surface area (Å²) in [7, 11) is 0. The minimum atomic E-state index is -0.520. The van der Waals surface area contributed by atoms with Crippen molar-refractivity contribution in [2.45, 2.75) is 25.4 Å². The third-order valence-electron chi connectivity index (χ3n) is 4.41. The Labute approximate surface area is 144 Å². The largest absolute Gasteiger partial charge is 0.491 e. The molecule has 2 aromatic rings. The lowest BCUT2D eigenvalue weighted by Crippen LogP contribution is -2.38. The number of rotatable bonds is 7. The predicted octanol–water partition coefficient (Wildman–Crippen LogP) is 3.61. The van der Waals surface area contributed by atoms with Crippen LogP contribution < -0.4 is 9.64 Å². The lowest BCUT2D eigenvalue weighted by atomic mass is 10.0. The summed E-state index contributed by atoms with van der Waals surface area (Å²) in [5.41, 5.74) is 3.71. The molecule has 0 spiro atoms. The van der Waals surface area contributed by atoms with E-state index in [0.717, 1.165) is 37.1 Å². The number of para-hydroxylation sites is 2. The Morgan fingerprint density at radius 2 is 1.96 bits per heavy atom. The van der Waals surface area contributed by atoms with Crippen molar-refractivity contribution in [1.82, 2.24) is 0 Å². The minimum absolute atomic E-state index is 0.298. The van der Waals surface area contributed by atoms with Crippen LogP contribution in [-0.2, 0) is 12.8 Å². The number of aliphatic hydroxyl groups excluding tert-OH is 1. The van der Waals surface area contributed by atoms with Gasteiger partial charge in [0.15, 0.2) is 0 Å². The predicted molar refractivity (Wildman–Crippen MR) is 98.8 cm³/mol. The molecule has 0 bridgehead atoms. The molecule has 1 N–H and O–H groups in total. The maximum atomic E-state index is 10.4. The maximum Gasteiger partial charge on any atom is 0.122 e. The van der Waals surface area contributed by atoms with Gasteiger partial charge in [-0.25, -0.2) is 0 Å². The Balaban J connectivity index is 1.59. The van der Waals surface area contributed by atoms with Crippen LogP contribution in [0.5, 0.6) is 5.75 Å². The Hall–Kier alpha value is -2.26. The second-order valence-electron chi connectivity index (χ2n) is 6.24. The highest BCUT2D eigenvalue weighted by atomic mass is 16.5. The Kier molecular flexibility index (Phi) is 5.55. The molecule has 3 nitrogen and oxygen atoms in total. The number of allylic oxidation sites excluding steroid dienone is 1. The number of nitrogens with zero attached hydrogens (tertiary/aromatic N) is 1. The monoisotopic (exact) mass is 323 g/mol. The van der Waals surface area contributed by atoms with Gasteiger partial charge >= 0.3 is 0 Å². The van der Waals surface area contributed by atoms with Gasteiger partial charge in [0.05, 0.1) is 0 Å². The standard InChI is InChI=1S/C21H25NO2/c1-2-8-18-10-4-6-13-21(18)24-16-19(23)15-22-14-7-11-17-9-3-5-12-20(17)22/h2-6,9-10,12-13,19,23H,1,7-8,11,14-16H2. The summed E-state index contributed by atoms with van der Waals surface area (Å²) < 4.78 is 5.86. The average Bonchev–Trinajstić information content (AvgIpc) is 2.62. The van der Waals surface area contributed by atoms with Crippen LogP contribution in [0, 0.1) is 0 Å². The first kappa shape index (κ1) is 16.6. The third kappa shape index (κ3) is 3.98. The first-order valence-corrected chi connectivity index (χ1v) is 8.60. The van der Waals surface area contributed by atoms with Crippen LogP contribution in [0.2, 0.25) is 0 Å². The molecular weight excluding hydrogens is 298 g/mol. The highest BCUT2D eigenvalue weighted by Crippen LogP contribution is 2.26. The SMILES string of the molecule is C=CCc1ccccc1OCC(O)CN1CCCc2ccccc21. The van der Waals surface area contributed by atoms with Crippen molar-refractivity contribution in [1.29, 1.82) is 0 Å². The summed E-state index contributed by atoms with van der Waals surface area (Å²) in [4.78, 5) is 2.27. The molecule has 3 heteroatoms. The Bertz CT molecular complexity index is 683. The second kappa shape index (κ2) is 8.02. The van der Waals surface area contributed by atoms with Gasteiger partial charge in [-0.1, -0.05) is 42.5 Å². The molecule has 1 atom stereocenters. The lowest BCUT2D eigenvalue weighted by molar-refractivity contribution is 0.111. The fourth-order valence-corrected chi connectivity index (χ4v) is 3.26. The summed E-state index contributed by atoms with van der Waals surface area (Å²) >= 11 is 0. The number of β-amino-alcohol motifs (C(OH)–C–C–N with tert-alkyl or cyclic N) is 1.